The summed E-state index contributed by atoms with van der Waals surface area (Å²) in [6.45, 7) is 2.37. The first-order valence-corrected chi connectivity index (χ1v) is 10.8. The highest BCUT2D eigenvalue weighted by atomic mass is 35.5. The maximum absolute atomic E-state index is 8.96. The Bertz CT molecular complexity index is 876. The van der Waals surface area contributed by atoms with Crippen molar-refractivity contribution in [2.24, 2.45) is 0 Å². The second kappa shape index (κ2) is 8.79. The maximum atomic E-state index is 8.96. The third-order valence-electron chi connectivity index (χ3n) is 6.49. The van der Waals surface area contributed by atoms with E-state index in [2.05, 4.69) is 22.4 Å². The minimum Gasteiger partial charge on any atom is -0.375 e. The van der Waals surface area contributed by atoms with Crippen molar-refractivity contribution in [2.45, 2.75) is 62.5 Å². The van der Waals surface area contributed by atoms with E-state index in [-0.39, 0.29) is 16.7 Å². The van der Waals surface area contributed by atoms with Crippen LogP contribution in [0.1, 0.15) is 61.9 Å². The molecule has 3 heterocycles. The molecule has 29 heavy (non-hydrogen) atoms. The first-order chi connectivity index (χ1) is 14.1. The summed E-state index contributed by atoms with van der Waals surface area (Å²) in [5.41, 5.74) is 2.55. The van der Waals surface area contributed by atoms with E-state index in [1.807, 2.05) is 24.4 Å². The topological polar surface area (TPSA) is 70.8 Å². The molecule has 0 radical (unpaired) electrons. The Morgan fingerprint density at radius 2 is 2.07 bits per heavy atom. The minimum absolute atomic E-state index is 0.0420. The zero-order chi connectivity index (χ0) is 20.2. The first-order valence-electron chi connectivity index (χ1n) is 10.5. The van der Waals surface area contributed by atoms with Gasteiger partial charge in [-0.15, -0.1) is 0 Å². The zero-order valence-electron chi connectivity index (χ0n) is 16.7. The molecule has 0 aromatic carbocycles. The van der Waals surface area contributed by atoms with Gasteiger partial charge in [0.05, 0.1) is 10.6 Å². The lowest BCUT2D eigenvalue weighted by Gasteiger charge is -2.46. The smallest absolute Gasteiger partial charge is 0.159 e. The Balaban J connectivity index is 1.44. The van der Waals surface area contributed by atoms with Gasteiger partial charge in [0.1, 0.15) is 6.07 Å². The first kappa shape index (κ1) is 20.3. The molecular formula is C23H27ClN4O. The summed E-state index contributed by atoms with van der Waals surface area (Å²) in [7, 11) is 0. The van der Waals surface area contributed by atoms with Crippen molar-refractivity contribution in [3.63, 3.8) is 0 Å². The second-order valence-electron chi connectivity index (χ2n) is 8.37. The maximum Gasteiger partial charge on any atom is 0.159 e. The fourth-order valence-electron chi connectivity index (χ4n) is 5.01. The number of rotatable bonds is 6. The van der Waals surface area contributed by atoms with Gasteiger partial charge in [-0.05, 0) is 62.4 Å². The van der Waals surface area contributed by atoms with Gasteiger partial charge in [-0.25, -0.2) is 4.98 Å². The third kappa shape index (κ3) is 4.45. The van der Waals surface area contributed by atoms with Crippen LogP contribution in [-0.2, 0) is 16.7 Å². The van der Waals surface area contributed by atoms with Crippen molar-refractivity contribution in [1.29, 1.82) is 5.26 Å². The van der Waals surface area contributed by atoms with Gasteiger partial charge in [-0.3, -0.25) is 4.98 Å². The van der Waals surface area contributed by atoms with E-state index in [1.54, 1.807) is 6.20 Å². The van der Waals surface area contributed by atoms with E-state index in [4.69, 9.17) is 26.6 Å². The quantitative estimate of drug-likeness (QED) is 0.707. The predicted molar refractivity (Wildman–Crippen MR) is 113 cm³/mol. The second-order valence-corrected chi connectivity index (χ2v) is 8.78. The molecule has 0 unspecified atom stereocenters. The predicted octanol–water partition coefficient (Wildman–Crippen LogP) is 4.54. The van der Waals surface area contributed by atoms with Crippen molar-refractivity contribution in [3.8, 4) is 6.07 Å². The Morgan fingerprint density at radius 3 is 2.79 bits per heavy atom. The molecule has 1 N–H and O–H groups in total. The van der Waals surface area contributed by atoms with Crippen molar-refractivity contribution in [1.82, 2.24) is 15.3 Å². The van der Waals surface area contributed by atoms with Crippen LogP contribution in [0.25, 0.3) is 0 Å². The van der Waals surface area contributed by atoms with Crippen LogP contribution in [0.15, 0.2) is 36.7 Å². The molecule has 2 aromatic heterocycles. The van der Waals surface area contributed by atoms with Crippen molar-refractivity contribution < 1.29 is 4.74 Å². The SMILES string of the molecule is N#Cc1ncc(CNCC[C@@]2(c3ccccn3)CCOC3(CCCC3)C2)cc1Cl. The van der Waals surface area contributed by atoms with E-state index in [1.165, 1.54) is 31.4 Å². The van der Waals surface area contributed by atoms with Crippen LogP contribution >= 0.6 is 11.6 Å². The molecule has 2 aromatic rings. The van der Waals surface area contributed by atoms with E-state index < -0.39 is 0 Å². The van der Waals surface area contributed by atoms with Crippen LogP contribution in [0.2, 0.25) is 5.02 Å². The zero-order valence-corrected chi connectivity index (χ0v) is 17.4. The summed E-state index contributed by atoms with van der Waals surface area (Å²) in [5.74, 6) is 0. The molecule has 1 saturated heterocycles. The average Bonchev–Trinajstić information content (AvgIpc) is 3.19. The minimum atomic E-state index is 0.0420. The molecule has 1 atom stereocenters. The number of hydrogen-bond donors (Lipinski definition) is 1. The van der Waals surface area contributed by atoms with Crippen LogP contribution in [0.5, 0.6) is 0 Å². The van der Waals surface area contributed by atoms with Gasteiger partial charge >= 0.3 is 0 Å². The van der Waals surface area contributed by atoms with Crippen molar-refractivity contribution in [3.05, 3.63) is 58.6 Å². The molecule has 5 nitrogen and oxygen atoms in total. The summed E-state index contributed by atoms with van der Waals surface area (Å²) in [5, 5.41) is 12.9. The van der Waals surface area contributed by atoms with Gasteiger partial charge in [-0.2, -0.15) is 5.26 Å². The van der Waals surface area contributed by atoms with E-state index >= 15 is 0 Å². The summed E-state index contributed by atoms with van der Waals surface area (Å²) >= 11 is 6.10. The highest BCUT2D eigenvalue weighted by molar-refractivity contribution is 6.31. The molecule has 4 rings (SSSR count). The number of pyridine rings is 2. The number of aromatic nitrogens is 2. The molecule has 0 amide bonds. The monoisotopic (exact) mass is 410 g/mol. The van der Waals surface area contributed by atoms with E-state index in [0.717, 1.165) is 38.0 Å². The van der Waals surface area contributed by atoms with Gasteiger partial charge in [0.25, 0.3) is 0 Å². The summed E-state index contributed by atoms with van der Waals surface area (Å²) in [6.07, 6.45) is 11.6. The summed E-state index contributed by atoms with van der Waals surface area (Å²) in [4.78, 5) is 8.87. The fourth-order valence-corrected chi connectivity index (χ4v) is 5.24. The van der Waals surface area contributed by atoms with Gasteiger partial charge in [0.2, 0.25) is 0 Å². The number of nitriles is 1. The Morgan fingerprint density at radius 1 is 1.21 bits per heavy atom. The molecule has 1 aliphatic heterocycles. The van der Waals surface area contributed by atoms with Crippen LogP contribution in [0, 0.1) is 11.3 Å². The molecule has 2 aliphatic rings. The van der Waals surface area contributed by atoms with E-state index in [0.29, 0.717) is 11.6 Å². The molecule has 6 heteroatoms. The lowest BCUT2D eigenvalue weighted by atomic mass is 9.68. The normalized spacial score (nSPS) is 23.2. The van der Waals surface area contributed by atoms with E-state index in [9.17, 15) is 0 Å². The fraction of sp³-hybridized carbons (Fsp3) is 0.522. The Labute approximate surface area is 177 Å². The number of halogens is 1. The Kier molecular flexibility index (Phi) is 6.15. The van der Waals surface area contributed by atoms with Crippen LogP contribution < -0.4 is 5.32 Å². The Hall–Kier alpha value is -2.00. The number of ether oxygens (including phenoxy) is 1. The lowest BCUT2D eigenvalue weighted by Crippen LogP contribution is -2.47. The van der Waals surface area contributed by atoms with Gasteiger partial charge in [-0.1, -0.05) is 30.5 Å². The number of nitrogens with one attached hydrogen (secondary N) is 1. The largest absolute Gasteiger partial charge is 0.375 e. The van der Waals surface area contributed by atoms with Crippen LogP contribution in [-0.4, -0.2) is 28.7 Å². The lowest BCUT2D eigenvalue weighted by molar-refractivity contribution is -0.104. The number of nitrogens with zero attached hydrogens (tertiary/aromatic N) is 3. The van der Waals surface area contributed by atoms with Gasteiger partial charge in [0.15, 0.2) is 5.69 Å². The molecular weight excluding hydrogens is 384 g/mol. The summed E-state index contributed by atoms with van der Waals surface area (Å²) in [6, 6.07) is 10.1. The van der Waals surface area contributed by atoms with Crippen LogP contribution in [0.3, 0.4) is 0 Å². The highest BCUT2D eigenvalue weighted by Gasteiger charge is 2.48. The molecule has 0 bridgehead atoms. The molecule has 152 valence electrons. The molecule has 1 saturated carbocycles. The van der Waals surface area contributed by atoms with Crippen molar-refractivity contribution >= 4 is 11.6 Å². The average molecular weight is 411 g/mol. The van der Waals surface area contributed by atoms with Gasteiger partial charge < -0.3 is 10.1 Å². The van der Waals surface area contributed by atoms with Crippen molar-refractivity contribution in [2.75, 3.05) is 13.2 Å². The molecule has 1 aliphatic carbocycles. The summed E-state index contributed by atoms with van der Waals surface area (Å²) < 4.78 is 6.32. The molecule has 2 fully saturated rings. The highest BCUT2D eigenvalue weighted by Crippen LogP contribution is 2.49. The third-order valence-corrected chi connectivity index (χ3v) is 6.77. The molecule has 1 spiro atoms. The standard InChI is InChI=1S/C23H27ClN4O/c24-19-13-18(16-28-20(19)14-25)15-26-11-8-22(21-5-1-4-10-27-21)9-12-29-23(17-22)6-2-3-7-23/h1,4-5,10,13,16,26H,2-3,6-9,11-12,15,17H2/t22-/m1/s1. The van der Waals surface area contributed by atoms with Gasteiger partial charge in [0, 0.05) is 36.7 Å². The van der Waals surface area contributed by atoms with Crippen LogP contribution in [0.4, 0.5) is 0 Å². The number of hydrogen-bond acceptors (Lipinski definition) is 5.